The van der Waals surface area contributed by atoms with Gasteiger partial charge in [-0.25, -0.2) is 0 Å². The molecule has 0 unspecified atom stereocenters. The van der Waals surface area contributed by atoms with Crippen molar-refractivity contribution >= 4 is 6.08 Å². The minimum absolute atomic E-state index is 1.02. The molecule has 0 saturated carbocycles. The number of rotatable bonds is 2. The van der Waals surface area contributed by atoms with Gasteiger partial charge in [0.25, 0.3) is 0 Å². The Kier molecular flexibility index (Phi) is 3.56. The molecule has 1 fully saturated rings. The summed E-state index contributed by atoms with van der Waals surface area (Å²) in [5.74, 6) is 0. The molecule has 0 atom stereocenters. The maximum absolute atomic E-state index is 4.13. The maximum Gasteiger partial charge on any atom is 0.0239 e. The summed E-state index contributed by atoms with van der Waals surface area (Å²) in [6.45, 7) is 10.0. The lowest BCUT2D eigenvalue weighted by Gasteiger charge is -2.29. The van der Waals surface area contributed by atoms with E-state index in [1.165, 1.54) is 54.6 Å². The van der Waals surface area contributed by atoms with Crippen LogP contribution in [0, 0.1) is 6.92 Å². The second-order valence-electron chi connectivity index (χ2n) is 5.93. The van der Waals surface area contributed by atoms with E-state index in [-0.39, 0.29) is 0 Å². The van der Waals surface area contributed by atoms with Crippen LogP contribution in [0.25, 0.3) is 6.08 Å². The predicted molar refractivity (Wildman–Crippen MR) is 82.2 cm³/mol. The lowest BCUT2D eigenvalue weighted by Crippen LogP contribution is -2.30. The number of hydrogen-bond donors (Lipinski definition) is 0. The number of aryl methyl sites for hydroxylation is 1. The number of piperidine rings is 1. The van der Waals surface area contributed by atoms with Crippen LogP contribution in [0.4, 0.5) is 0 Å². The van der Waals surface area contributed by atoms with Gasteiger partial charge in [-0.15, -0.1) is 0 Å². The van der Waals surface area contributed by atoms with Crippen molar-refractivity contribution in [1.82, 2.24) is 4.90 Å². The highest BCUT2D eigenvalue weighted by Crippen LogP contribution is 2.28. The average Bonchev–Trinajstić information content (AvgIpc) is 2.43. The number of allylic oxidation sites excluding steroid dienone is 2. The van der Waals surface area contributed by atoms with E-state index in [0.717, 1.165) is 13.0 Å². The Balaban J connectivity index is 1.91. The topological polar surface area (TPSA) is 3.24 Å². The summed E-state index contributed by atoms with van der Waals surface area (Å²) in [6.07, 6.45) is 9.53. The first-order valence-electron chi connectivity index (χ1n) is 7.43. The Hall–Kier alpha value is -1.34. The molecule has 1 aromatic carbocycles. The van der Waals surface area contributed by atoms with E-state index in [2.05, 4.69) is 42.7 Å². The van der Waals surface area contributed by atoms with E-state index in [4.69, 9.17) is 0 Å². The third kappa shape index (κ3) is 2.66. The molecule has 100 valence electrons. The van der Waals surface area contributed by atoms with Crippen molar-refractivity contribution in [3.05, 3.63) is 52.6 Å². The lowest BCUT2D eigenvalue weighted by atomic mass is 9.88. The molecule has 0 bridgehead atoms. The molecule has 0 spiro atoms. The van der Waals surface area contributed by atoms with Crippen LogP contribution in [0.3, 0.4) is 0 Å². The van der Waals surface area contributed by atoms with Gasteiger partial charge in [0.15, 0.2) is 0 Å². The van der Waals surface area contributed by atoms with Crippen LogP contribution in [-0.4, -0.2) is 18.0 Å². The molecular weight excluding hydrogens is 230 g/mol. The van der Waals surface area contributed by atoms with Gasteiger partial charge in [-0.05, 0) is 61.5 Å². The summed E-state index contributed by atoms with van der Waals surface area (Å²) < 4.78 is 0. The summed E-state index contributed by atoms with van der Waals surface area (Å²) >= 11 is 0. The van der Waals surface area contributed by atoms with E-state index < -0.39 is 0 Å². The van der Waals surface area contributed by atoms with Crippen molar-refractivity contribution < 1.29 is 0 Å². The summed E-state index contributed by atoms with van der Waals surface area (Å²) in [6, 6.07) is 4.53. The molecule has 19 heavy (non-hydrogen) atoms. The highest BCUT2D eigenvalue weighted by molar-refractivity contribution is 5.64. The van der Waals surface area contributed by atoms with Crippen LogP contribution in [0.5, 0.6) is 0 Å². The molecule has 1 nitrogen and oxygen atoms in total. The smallest absolute Gasteiger partial charge is 0.0239 e. The van der Waals surface area contributed by atoms with Crippen molar-refractivity contribution in [3.63, 3.8) is 0 Å². The van der Waals surface area contributed by atoms with Gasteiger partial charge in [-0.3, -0.25) is 4.90 Å². The van der Waals surface area contributed by atoms with Crippen LogP contribution in [-0.2, 0) is 13.0 Å². The summed E-state index contributed by atoms with van der Waals surface area (Å²) in [5.41, 5.74) is 7.12. The maximum atomic E-state index is 4.13. The molecule has 1 heterocycles. The second kappa shape index (κ2) is 5.34. The van der Waals surface area contributed by atoms with Crippen LogP contribution >= 0.6 is 0 Å². The molecule has 3 rings (SSSR count). The largest absolute Gasteiger partial charge is 0.299 e. The number of fused-ring (bicyclic) bond motifs is 1. The van der Waals surface area contributed by atoms with Crippen molar-refractivity contribution in [2.45, 2.75) is 39.2 Å². The molecule has 2 aliphatic rings. The summed E-state index contributed by atoms with van der Waals surface area (Å²) in [4.78, 5) is 2.62. The molecule has 0 aromatic heterocycles. The fraction of sp³-hybridized carbons (Fsp3) is 0.444. The number of benzene rings is 1. The van der Waals surface area contributed by atoms with Crippen LogP contribution in [0.1, 0.15) is 41.5 Å². The molecular formula is C18H23N. The Bertz CT molecular complexity index is 519. The first-order valence-corrected chi connectivity index (χ1v) is 7.43. The highest BCUT2D eigenvalue weighted by Gasteiger charge is 2.17. The fourth-order valence-electron chi connectivity index (χ4n) is 3.25. The normalized spacial score (nSPS) is 19.5. The van der Waals surface area contributed by atoms with Gasteiger partial charge in [0.2, 0.25) is 0 Å². The van der Waals surface area contributed by atoms with Gasteiger partial charge < -0.3 is 0 Å². The van der Waals surface area contributed by atoms with Gasteiger partial charge in [0, 0.05) is 6.54 Å². The highest BCUT2D eigenvalue weighted by atomic mass is 15.1. The van der Waals surface area contributed by atoms with Gasteiger partial charge in [-0.2, -0.15) is 0 Å². The molecule has 1 heteroatoms. The first-order chi connectivity index (χ1) is 9.24. The van der Waals surface area contributed by atoms with E-state index in [1.54, 1.807) is 5.56 Å². The fourth-order valence-corrected chi connectivity index (χ4v) is 3.25. The van der Waals surface area contributed by atoms with Gasteiger partial charge in [0.1, 0.15) is 0 Å². The Morgan fingerprint density at radius 2 is 1.89 bits per heavy atom. The predicted octanol–water partition coefficient (Wildman–Crippen LogP) is 4.11. The zero-order chi connectivity index (χ0) is 13.2. The monoisotopic (exact) mass is 253 g/mol. The SMILES string of the molecule is C=C1C=Cc2ccc(C)c(CN3CCCCC3)c2C1. The molecule has 1 aliphatic heterocycles. The van der Waals surface area contributed by atoms with E-state index in [0.29, 0.717) is 0 Å². The second-order valence-corrected chi connectivity index (χ2v) is 5.93. The summed E-state index contributed by atoms with van der Waals surface area (Å²) in [7, 11) is 0. The van der Waals surface area contributed by atoms with Gasteiger partial charge in [-0.1, -0.05) is 42.9 Å². The van der Waals surface area contributed by atoms with Crippen molar-refractivity contribution in [2.75, 3.05) is 13.1 Å². The molecule has 1 saturated heterocycles. The van der Waals surface area contributed by atoms with Gasteiger partial charge in [0.05, 0.1) is 0 Å². The zero-order valence-corrected chi connectivity index (χ0v) is 11.9. The Morgan fingerprint density at radius 1 is 1.11 bits per heavy atom. The zero-order valence-electron chi connectivity index (χ0n) is 11.9. The summed E-state index contributed by atoms with van der Waals surface area (Å²) in [5, 5.41) is 0. The number of likely N-dealkylation sites (tertiary alicyclic amines) is 1. The van der Waals surface area contributed by atoms with Crippen LogP contribution < -0.4 is 0 Å². The van der Waals surface area contributed by atoms with Crippen LogP contribution in [0.15, 0.2) is 30.4 Å². The Morgan fingerprint density at radius 3 is 2.68 bits per heavy atom. The quantitative estimate of drug-likeness (QED) is 0.767. The third-order valence-corrected chi connectivity index (χ3v) is 4.43. The van der Waals surface area contributed by atoms with E-state index >= 15 is 0 Å². The van der Waals surface area contributed by atoms with E-state index in [1.807, 2.05) is 0 Å². The van der Waals surface area contributed by atoms with E-state index in [9.17, 15) is 0 Å². The minimum Gasteiger partial charge on any atom is -0.299 e. The van der Waals surface area contributed by atoms with Crippen molar-refractivity contribution in [3.8, 4) is 0 Å². The first kappa shape index (κ1) is 12.7. The molecule has 1 aromatic rings. The average molecular weight is 253 g/mol. The molecule has 0 radical (unpaired) electrons. The molecule has 1 aliphatic carbocycles. The van der Waals surface area contributed by atoms with Crippen molar-refractivity contribution in [1.29, 1.82) is 0 Å². The Labute approximate surface area is 116 Å². The van der Waals surface area contributed by atoms with Gasteiger partial charge >= 0.3 is 0 Å². The minimum atomic E-state index is 1.02. The number of nitrogens with zero attached hydrogens (tertiary/aromatic N) is 1. The lowest BCUT2D eigenvalue weighted by molar-refractivity contribution is 0.220. The standard InChI is InChI=1S/C18H23N/c1-14-6-8-16-9-7-15(2)18(17(16)12-14)13-19-10-4-3-5-11-19/h6-9H,1,3-5,10-13H2,2H3. The molecule has 0 amide bonds. The van der Waals surface area contributed by atoms with Crippen LogP contribution in [0.2, 0.25) is 0 Å². The van der Waals surface area contributed by atoms with Crippen molar-refractivity contribution in [2.24, 2.45) is 0 Å². The molecule has 0 N–H and O–H groups in total. The number of hydrogen-bond acceptors (Lipinski definition) is 1. The third-order valence-electron chi connectivity index (χ3n) is 4.43.